The van der Waals surface area contributed by atoms with E-state index >= 15 is 0 Å². The van der Waals surface area contributed by atoms with E-state index in [0.717, 1.165) is 25.7 Å². The maximum Gasteiger partial charge on any atom is 0.327 e. The van der Waals surface area contributed by atoms with Gasteiger partial charge in [-0.05, 0) is 66.2 Å². The Morgan fingerprint density at radius 1 is 1.06 bits per heavy atom. The van der Waals surface area contributed by atoms with Crippen molar-refractivity contribution < 1.29 is 23.1 Å². The van der Waals surface area contributed by atoms with Crippen molar-refractivity contribution in [3.63, 3.8) is 0 Å². The van der Waals surface area contributed by atoms with Gasteiger partial charge in [0.2, 0.25) is 15.9 Å². The largest absolute Gasteiger partial charge is 0.480 e. The van der Waals surface area contributed by atoms with Crippen LogP contribution in [0.4, 0.5) is 0 Å². The molecule has 1 rings (SSSR count). The van der Waals surface area contributed by atoms with E-state index in [1.165, 1.54) is 28.5 Å². The fourth-order valence-electron chi connectivity index (χ4n) is 3.17. The SMILES string of the molecule is CC(C)=CCC/C(C)=C/CC/C(C)=C/CSC[C@H](NC(=O)[C@@H](NS(=O)(=O)C1CC1)[C@@H](C)I)C(=O)O. The summed E-state index contributed by atoms with van der Waals surface area (Å²) in [6.07, 6.45) is 11.9. The number of alkyl halides is 1. The van der Waals surface area contributed by atoms with Crippen LogP contribution >= 0.6 is 34.4 Å². The molecule has 0 aromatic heterocycles. The van der Waals surface area contributed by atoms with Gasteiger partial charge in [0, 0.05) is 15.4 Å². The predicted octanol–water partition coefficient (Wildman–Crippen LogP) is 4.98. The summed E-state index contributed by atoms with van der Waals surface area (Å²) in [7, 11) is -3.57. The van der Waals surface area contributed by atoms with E-state index in [1.54, 1.807) is 6.92 Å². The maximum atomic E-state index is 12.7. The molecule has 0 bridgehead atoms. The summed E-state index contributed by atoms with van der Waals surface area (Å²) < 4.78 is 26.7. The fourth-order valence-corrected chi connectivity index (χ4v) is 6.53. The molecule has 3 N–H and O–H groups in total. The molecule has 200 valence electrons. The highest BCUT2D eigenvalue weighted by Crippen LogP contribution is 2.28. The van der Waals surface area contributed by atoms with Gasteiger partial charge in [0.1, 0.15) is 12.1 Å². The first-order chi connectivity index (χ1) is 16.3. The summed E-state index contributed by atoms with van der Waals surface area (Å²) in [6, 6.07) is -2.09. The number of hydrogen-bond donors (Lipinski definition) is 3. The van der Waals surface area contributed by atoms with Crippen LogP contribution in [0.25, 0.3) is 0 Å². The van der Waals surface area contributed by atoms with Crippen LogP contribution in [0.1, 0.15) is 73.1 Å². The molecule has 1 aliphatic rings. The van der Waals surface area contributed by atoms with Crippen molar-refractivity contribution in [1.29, 1.82) is 0 Å². The summed E-state index contributed by atoms with van der Waals surface area (Å²) in [5, 5.41) is 11.6. The minimum atomic E-state index is -3.57. The van der Waals surface area contributed by atoms with Crippen molar-refractivity contribution in [1.82, 2.24) is 10.0 Å². The third kappa shape index (κ3) is 13.9. The van der Waals surface area contributed by atoms with E-state index in [1.807, 2.05) is 22.6 Å². The molecule has 35 heavy (non-hydrogen) atoms. The van der Waals surface area contributed by atoms with Crippen LogP contribution < -0.4 is 10.0 Å². The van der Waals surface area contributed by atoms with Gasteiger partial charge in [0.05, 0.1) is 5.25 Å². The molecule has 1 aliphatic carbocycles. The zero-order valence-corrected chi connectivity index (χ0v) is 25.3. The number of amides is 1. The van der Waals surface area contributed by atoms with Gasteiger partial charge in [0.25, 0.3) is 0 Å². The highest BCUT2D eigenvalue weighted by atomic mass is 127. The predicted molar refractivity (Wildman–Crippen MR) is 155 cm³/mol. The first-order valence-corrected chi connectivity index (χ1v) is 16.0. The summed E-state index contributed by atoms with van der Waals surface area (Å²) in [6.45, 7) is 10.2. The molecule has 0 spiro atoms. The third-order valence-corrected chi connectivity index (χ3v) is 9.19. The smallest absolute Gasteiger partial charge is 0.327 e. The molecule has 10 heteroatoms. The fraction of sp³-hybridized carbons (Fsp3) is 0.680. The molecule has 0 aliphatic heterocycles. The average molecular weight is 641 g/mol. The number of halogens is 1. The van der Waals surface area contributed by atoms with Crippen molar-refractivity contribution in [3.05, 3.63) is 34.9 Å². The Kier molecular flexibility index (Phi) is 14.8. The van der Waals surface area contributed by atoms with Gasteiger partial charge in [-0.2, -0.15) is 11.8 Å². The van der Waals surface area contributed by atoms with Crippen LogP contribution in [0.3, 0.4) is 0 Å². The number of carbonyl (C=O) groups is 2. The van der Waals surface area contributed by atoms with Gasteiger partial charge >= 0.3 is 5.97 Å². The number of aliphatic carboxylic acids is 1. The Bertz CT molecular complexity index is 905. The highest BCUT2D eigenvalue weighted by Gasteiger charge is 2.40. The summed E-state index contributed by atoms with van der Waals surface area (Å²) in [4.78, 5) is 24.4. The maximum absolute atomic E-state index is 12.7. The van der Waals surface area contributed by atoms with Crippen LogP contribution in [0.5, 0.6) is 0 Å². The highest BCUT2D eigenvalue weighted by molar-refractivity contribution is 14.1. The lowest BCUT2D eigenvalue weighted by atomic mass is 10.1. The first kappa shape index (κ1) is 32.2. The van der Waals surface area contributed by atoms with Crippen LogP contribution in [0.15, 0.2) is 34.9 Å². The van der Waals surface area contributed by atoms with Crippen molar-refractivity contribution in [2.75, 3.05) is 11.5 Å². The number of allylic oxidation sites excluding steroid dienone is 5. The Morgan fingerprint density at radius 2 is 1.63 bits per heavy atom. The molecular formula is C25H41IN2O5S2. The molecule has 0 radical (unpaired) electrons. The number of hydrogen-bond acceptors (Lipinski definition) is 5. The molecule has 3 atom stereocenters. The number of carbonyl (C=O) groups excluding carboxylic acids is 1. The summed E-state index contributed by atoms with van der Waals surface area (Å²) >= 11 is 3.41. The van der Waals surface area contributed by atoms with Gasteiger partial charge in [-0.1, -0.05) is 64.5 Å². The summed E-state index contributed by atoms with van der Waals surface area (Å²) in [5.41, 5.74) is 3.98. The number of carboxylic acids is 1. The minimum Gasteiger partial charge on any atom is -0.480 e. The van der Waals surface area contributed by atoms with Crippen LogP contribution in [-0.4, -0.2) is 58.2 Å². The number of thioether (sulfide) groups is 1. The lowest BCUT2D eigenvalue weighted by molar-refractivity contribution is -0.141. The molecule has 7 nitrogen and oxygen atoms in total. The van der Waals surface area contributed by atoms with Crippen molar-refractivity contribution in [3.8, 4) is 0 Å². The monoisotopic (exact) mass is 640 g/mol. The zero-order valence-electron chi connectivity index (χ0n) is 21.5. The normalized spacial score (nSPS) is 17.4. The van der Waals surface area contributed by atoms with Crippen LogP contribution in [0, 0.1) is 0 Å². The average Bonchev–Trinajstić information content (AvgIpc) is 3.59. The second-order valence-corrected chi connectivity index (χ2v) is 14.4. The lowest BCUT2D eigenvalue weighted by Gasteiger charge is -2.23. The number of rotatable bonds is 17. The second kappa shape index (κ2) is 16.1. The zero-order chi connectivity index (χ0) is 26.6. The second-order valence-electron chi connectivity index (χ2n) is 9.41. The van der Waals surface area contributed by atoms with E-state index in [0.29, 0.717) is 18.6 Å². The Balaban J connectivity index is 2.49. The van der Waals surface area contributed by atoms with Gasteiger partial charge in [-0.25, -0.2) is 17.9 Å². The van der Waals surface area contributed by atoms with Gasteiger partial charge in [-0.3, -0.25) is 4.79 Å². The standard InChI is InChI=1S/C25H41IN2O5S2/c1-17(2)8-6-9-18(3)10-7-11-19(4)14-15-34-16-22(25(30)31)27-24(29)23(20(5)26)28-35(32,33)21-12-13-21/h8,10,14,20-23,28H,6-7,9,11-13,15-16H2,1-5H3,(H,27,29)(H,30,31)/b18-10+,19-14+/t20-,22+,23+/m1/s1. The topological polar surface area (TPSA) is 113 Å². The third-order valence-electron chi connectivity index (χ3n) is 5.57. The van der Waals surface area contributed by atoms with E-state index in [2.05, 4.69) is 56.0 Å². The molecule has 0 aromatic carbocycles. The van der Waals surface area contributed by atoms with Crippen LogP contribution in [0.2, 0.25) is 0 Å². The lowest BCUT2D eigenvalue weighted by Crippen LogP contribution is -2.55. The Labute approximate surface area is 229 Å². The van der Waals surface area contributed by atoms with Gasteiger partial charge in [-0.15, -0.1) is 0 Å². The number of sulfonamides is 1. The van der Waals surface area contributed by atoms with Crippen molar-refractivity contribution >= 4 is 56.3 Å². The molecular weight excluding hydrogens is 599 g/mol. The first-order valence-electron chi connectivity index (χ1n) is 12.0. The molecule has 0 heterocycles. The van der Waals surface area contributed by atoms with E-state index in [-0.39, 0.29) is 9.68 Å². The molecule has 0 saturated heterocycles. The molecule has 0 aromatic rings. The van der Waals surface area contributed by atoms with Gasteiger partial charge < -0.3 is 10.4 Å². The quantitative estimate of drug-likeness (QED) is 0.0895. The minimum absolute atomic E-state index is 0.200. The van der Waals surface area contributed by atoms with E-state index in [9.17, 15) is 23.1 Å². The van der Waals surface area contributed by atoms with E-state index in [4.69, 9.17) is 0 Å². The molecule has 1 fully saturated rings. The number of carboxylic acid groups (broad SMARTS) is 1. The number of nitrogens with one attached hydrogen (secondary N) is 2. The molecule has 1 amide bonds. The van der Waals surface area contributed by atoms with Crippen LogP contribution in [-0.2, 0) is 19.6 Å². The van der Waals surface area contributed by atoms with Crippen molar-refractivity contribution in [2.45, 2.75) is 94.4 Å². The molecule has 0 unspecified atom stereocenters. The van der Waals surface area contributed by atoms with E-state index < -0.39 is 39.2 Å². The van der Waals surface area contributed by atoms with Crippen molar-refractivity contribution in [2.24, 2.45) is 0 Å². The molecule has 1 saturated carbocycles. The van der Waals surface area contributed by atoms with Gasteiger partial charge in [0.15, 0.2) is 0 Å². The Hall–Kier alpha value is -0.850. The summed E-state index contributed by atoms with van der Waals surface area (Å²) in [5.74, 6) is -0.894. The Morgan fingerprint density at radius 3 is 2.14 bits per heavy atom.